The molecule has 1 heterocycles. The van der Waals surface area contributed by atoms with Crippen LogP contribution < -0.4 is 15.8 Å². The highest BCUT2D eigenvalue weighted by Gasteiger charge is 2.08. The summed E-state index contributed by atoms with van der Waals surface area (Å²) in [5, 5.41) is 4.59. The lowest BCUT2D eigenvalue weighted by molar-refractivity contribution is 0.417. The van der Waals surface area contributed by atoms with Gasteiger partial charge in [-0.2, -0.15) is 0 Å². The first-order valence-corrected chi connectivity index (χ1v) is 8.17. The fraction of sp³-hybridized carbons (Fsp3) is 0.500. The molecule has 4 heteroatoms. The van der Waals surface area contributed by atoms with Gasteiger partial charge in [-0.25, -0.2) is 0 Å². The van der Waals surface area contributed by atoms with Crippen molar-refractivity contribution in [2.45, 2.75) is 45.1 Å². The van der Waals surface area contributed by atoms with Crippen LogP contribution in [0, 0.1) is 0 Å². The zero-order valence-corrected chi connectivity index (χ0v) is 13.6. The van der Waals surface area contributed by atoms with E-state index in [4.69, 9.17) is 10.5 Å². The Morgan fingerprint density at radius 1 is 1.23 bits per heavy atom. The van der Waals surface area contributed by atoms with Crippen LogP contribution in [0.1, 0.15) is 39.0 Å². The molecular formula is C18H27N3O. The van der Waals surface area contributed by atoms with Crippen molar-refractivity contribution in [1.29, 1.82) is 0 Å². The molecule has 3 N–H and O–H groups in total. The number of nitrogens with zero attached hydrogens (tertiary/aromatic N) is 1. The van der Waals surface area contributed by atoms with E-state index in [0.29, 0.717) is 6.04 Å². The zero-order valence-electron chi connectivity index (χ0n) is 13.6. The van der Waals surface area contributed by atoms with Crippen LogP contribution in [0.4, 0.5) is 5.69 Å². The third-order valence-corrected chi connectivity index (χ3v) is 3.95. The molecule has 2 rings (SSSR count). The number of unbranched alkanes of at least 4 members (excludes halogenated alkanes) is 1. The van der Waals surface area contributed by atoms with Gasteiger partial charge in [0.05, 0.1) is 18.3 Å². The Hall–Kier alpha value is -1.81. The average Bonchev–Trinajstić information content (AvgIpc) is 2.56. The molecule has 0 aliphatic carbocycles. The summed E-state index contributed by atoms with van der Waals surface area (Å²) >= 11 is 0. The molecule has 0 bridgehead atoms. The molecule has 1 aromatic carbocycles. The number of benzene rings is 1. The Bertz CT molecular complexity index is 586. The molecule has 2 aromatic rings. The second kappa shape index (κ2) is 8.59. The van der Waals surface area contributed by atoms with E-state index >= 15 is 0 Å². The number of aromatic nitrogens is 1. The van der Waals surface area contributed by atoms with Gasteiger partial charge in [-0.05, 0) is 43.5 Å². The third-order valence-electron chi connectivity index (χ3n) is 3.95. The Morgan fingerprint density at radius 3 is 2.82 bits per heavy atom. The van der Waals surface area contributed by atoms with Crippen LogP contribution >= 0.6 is 0 Å². The van der Waals surface area contributed by atoms with Gasteiger partial charge < -0.3 is 15.8 Å². The lowest BCUT2D eigenvalue weighted by atomic mass is 10.1. The quantitative estimate of drug-likeness (QED) is 0.688. The highest BCUT2D eigenvalue weighted by molar-refractivity contribution is 5.94. The molecule has 0 spiro atoms. The molecule has 1 aromatic heterocycles. The monoisotopic (exact) mass is 301 g/mol. The summed E-state index contributed by atoms with van der Waals surface area (Å²) in [6.07, 6.45) is 7.48. The maximum atomic E-state index is 6.12. The lowest BCUT2D eigenvalue weighted by Crippen LogP contribution is -2.20. The number of ether oxygens (including phenoxy) is 1. The molecule has 4 nitrogen and oxygen atoms in total. The van der Waals surface area contributed by atoms with E-state index in [-0.39, 0.29) is 0 Å². The topological polar surface area (TPSA) is 60.2 Å². The van der Waals surface area contributed by atoms with E-state index in [1.54, 1.807) is 7.11 Å². The van der Waals surface area contributed by atoms with Gasteiger partial charge in [0.15, 0.2) is 0 Å². The molecule has 0 aliphatic rings. The minimum atomic E-state index is 0.317. The first-order chi connectivity index (χ1) is 10.8. The molecule has 0 fully saturated rings. The molecule has 120 valence electrons. The molecule has 0 amide bonds. The van der Waals surface area contributed by atoms with Crippen molar-refractivity contribution < 1.29 is 4.74 Å². The summed E-state index contributed by atoms with van der Waals surface area (Å²) in [7, 11) is 1.70. The van der Waals surface area contributed by atoms with Gasteiger partial charge in [0.2, 0.25) is 0 Å². The zero-order chi connectivity index (χ0) is 15.8. The number of anilines is 1. The van der Waals surface area contributed by atoms with Crippen LogP contribution in [-0.4, -0.2) is 24.7 Å². The first kappa shape index (κ1) is 16.6. The molecule has 0 saturated carbocycles. The van der Waals surface area contributed by atoms with E-state index in [0.717, 1.165) is 48.1 Å². The predicted molar refractivity (Wildman–Crippen MR) is 93.5 cm³/mol. The summed E-state index contributed by atoms with van der Waals surface area (Å²) in [6, 6.07) is 8.29. The van der Waals surface area contributed by atoms with Gasteiger partial charge >= 0.3 is 0 Å². The fourth-order valence-electron chi connectivity index (χ4n) is 2.67. The number of nitrogens with two attached hydrogens (primary N) is 1. The van der Waals surface area contributed by atoms with Gasteiger partial charge in [0.25, 0.3) is 0 Å². The maximum Gasteiger partial charge on any atom is 0.142 e. The van der Waals surface area contributed by atoms with Crippen LogP contribution in [0.5, 0.6) is 5.75 Å². The second-order valence-electron chi connectivity index (χ2n) is 5.68. The van der Waals surface area contributed by atoms with Crippen molar-refractivity contribution in [3.05, 3.63) is 30.5 Å². The molecule has 1 atom stereocenters. The molecule has 0 aliphatic heterocycles. The number of hydrogen-bond acceptors (Lipinski definition) is 4. The summed E-state index contributed by atoms with van der Waals surface area (Å²) in [6.45, 7) is 3.10. The van der Waals surface area contributed by atoms with Crippen LogP contribution in [-0.2, 0) is 0 Å². The molecule has 0 saturated heterocycles. The largest absolute Gasteiger partial charge is 0.495 e. The standard InChI is InChI=1S/C18H27N3O/c1-3-4-7-14(19)8-5-13-21-18-15-9-6-12-20-16(15)10-11-17(18)22-2/h6,9-12,14,21H,3-5,7-8,13,19H2,1-2H3. The molecular weight excluding hydrogens is 274 g/mol. The van der Waals surface area contributed by atoms with Crippen molar-refractivity contribution in [1.82, 2.24) is 4.98 Å². The Labute approximate surface area is 133 Å². The molecule has 1 unspecified atom stereocenters. The Balaban J connectivity index is 1.96. The fourth-order valence-corrected chi connectivity index (χ4v) is 2.67. The van der Waals surface area contributed by atoms with E-state index in [1.807, 2.05) is 24.4 Å². The van der Waals surface area contributed by atoms with E-state index in [2.05, 4.69) is 23.3 Å². The first-order valence-electron chi connectivity index (χ1n) is 8.17. The average molecular weight is 301 g/mol. The number of methoxy groups -OCH3 is 1. The highest BCUT2D eigenvalue weighted by atomic mass is 16.5. The summed E-state index contributed by atoms with van der Waals surface area (Å²) < 4.78 is 5.47. The molecule has 22 heavy (non-hydrogen) atoms. The van der Waals surface area contributed by atoms with E-state index < -0.39 is 0 Å². The van der Waals surface area contributed by atoms with E-state index in [1.165, 1.54) is 12.8 Å². The van der Waals surface area contributed by atoms with Gasteiger partial charge in [-0.15, -0.1) is 0 Å². The number of pyridine rings is 1. The predicted octanol–water partition coefficient (Wildman–Crippen LogP) is 3.95. The van der Waals surface area contributed by atoms with Crippen molar-refractivity contribution in [3.8, 4) is 5.75 Å². The van der Waals surface area contributed by atoms with Crippen molar-refractivity contribution in [3.63, 3.8) is 0 Å². The Kier molecular flexibility index (Phi) is 6.46. The summed E-state index contributed by atoms with van der Waals surface area (Å²) in [5.41, 5.74) is 8.12. The summed E-state index contributed by atoms with van der Waals surface area (Å²) in [4.78, 5) is 4.39. The van der Waals surface area contributed by atoms with Crippen molar-refractivity contribution in [2.24, 2.45) is 5.73 Å². The highest BCUT2D eigenvalue weighted by Crippen LogP contribution is 2.32. The van der Waals surface area contributed by atoms with Gasteiger partial charge in [0, 0.05) is 24.2 Å². The van der Waals surface area contributed by atoms with Crippen LogP contribution in [0.25, 0.3) is 10.9 Å². The van der Waals surface area contributed by atoms with E-state index in [9.17, 15) is 0 Å². The smallest absolute Gasteiger partial charge is 0.142 e. The van der Waals surface area contributed by atoms with Crippen molar-refractivity contribution >= 4 is 16.6 Å². The normalized spacial score (nSPS) is 12.3. The SMILES string of the molecule is CCCCC(N)CCCNc1c(OC)ccc2ncccc12. The van der Waals surface area contributed by atoms with Crippen molar-refractivity contribution in [2.75, 3.05) is 19.0 Å². The lowest BCUT2D eigenvalue weighted by Gasteiger charge is -2.15. The third kappa shape index (κ3) is 4.34. The number of fused-ring (bicyclic) bond motifs is 1. The Morgan fingerprint density at radius 2 is 2.05 bits per heavy atom. The number of nitrogens with one attached hydrogen (secondary N) is 1. The minimum absolute atomic E-state index is 0.317. The molecule has 0 radical (unpaired) electrons. The van der Waals surface area contributed by atoms with Gasteiger partial charge in [-0.3, -0.25) is 4.98 Å². The van der Waals surface area contributed by atoms with Crippen LogP contribution in [0.15, 0.2) is 30.5 Å². The second-order valence-corrected chi connectivity index (χ2v) is 5.68. The van der Waals surface area contributed by atoms with Crippen LogP contribution in [0.2, 0.25) is 0 Å². The van der Waals surface area contributed by atoms with Gasteiger partial charge in [-0.1, -0.05) is 19.8 Å². The number of rotatable bonds is 9. The van der Waals surface area contributed by atoms with Gasteiger partial charge in [0.1, 0.15) is 5.75 Å². The van der Waals surface area contributed by atoms with Crippen LogP contribution in [0.3, 0.4) is 0 Å². The number of hydrogen-bond donors (Lipinski definition) is 2. The minimum Gasteiger partial charge on any atom is -0.495 e. The maximum absolute atomic E-state index is 6.12. The summed E-state index contributed by atoms with van der Waals surface area (Å²) in [5.74, 6) is 0.857.